The maximum atomic E-state index is 12.8. The molecule has 8 aliphatic rings. The zero-order valence-corrected chi connectivity index (χ0v) is 95.5. The van der Waals surface area contributed by atoms with Gasteiger partial charge < -0.3 is 50.3 Å². The van der Waals surface area contributed by atoms with E-state index >= 15 is 0 Å². The summed E-state index contributed by atoms with van der Waals surface area (Å²) < 4.78 is 87.5. The molecule has 7 aliphatic heterocycles. The number of ether oxygens (including phenoxy) is 2. The van der Waals surface area contributed by atoms with Crippen molar-refractivity contribution in [3.63, 3.8) is 0 Å². The number of aromatic nitrogens is 12. The molecule has 1 amide bonds. The van der Waals surface area contributed by atoms with Crippen molar-refractivity contribution in [3.8, 4) is 0 Å². The van der Waals surface area contributed by atoms with Crippen molar-refractivity contribution in [2.75, 3.05) is 146 Å². The highest BCUT2D eigenvalue weighted by Crippen LogP contribution is 2.38. The highest BCUT2D eigenvalue weighted by molar-refractivity contribution is 6.29. The van der Waals surface area contributed by atoms with Gasteiger partial charge in [0.1, 0.15) is 34.2 Å². The average molecular weight is 2060 g/mol. The average Bonchev–Trinajstić information content (AvgIpc) is 1.79. The topological polar surface area (TPSA) is 246 Å². The van der Waals surface area contributed by atoms with Crippen LogP contribution in [0.2, 0.25) is 5.15 Å². The third kappa shape index (κ3) is 38.0. The molecule has 9 aromatic rings. The maximum Gasteiger partial charge on any atom is 0.451 e. The lowest BCUT2D eigenvalue weighted by Gasteiger charge is -2.36. The van der Waals surface area contributed by atoms with Crippen LogP contribution in [0, 0.1) is 58.3 Å². The normalized spacial score (nSPS) is 18.6. The van der Waals surface area contributed by atoms with E-state index < -0.39 is 30.1 Å². The molecule has 7 saturated heterocycles. The molecule has 812 valence electrons. The first-order valence-electron chi connectivity index (χ1n) is 53.2. The number of hydrogen-bond donors (Lipinski definition) is 4. The molecule has 1 saturated carbocycles. The SMILES string of the molecule is CC(=O)N1CCN(c2cc(C(C)(C)C)cc(NC3CCC3)n2)CC1.CC(C)(C)c1cc(NC2COC2)nc(C(F)(F)F)n1.CC(C)(C)c1cn2nc(Cl)ccc2n1.Cc1cnc(CC2CCN(C)C2)cc1C(C)(C)C.Cc1cnc(CC2CCN(CC(F)(F)F)C2)cc1C(C)(C)C.Cc1cnc(CC2CCNC2)cc1C(C)(C)C.Cc1cnc(CC2CN(C)C2)cc1C(C)(C)C.Cc1nc(NC2COC2)cc(C(C)(C)C)n1. The van der Waals surface area contributed by atoms with Crippen LogP contribution in [0.1, 0.15) is 313 Å². The highest BCUT2D eigenvalue weighted by Gasteiger charge is 2.39. The number of nitrogens with zero attached hydrogens (tertiary/aromatic N) is 17. The Morgan fingerprint density at radius 2 is 0.864 bits per heavy atom. The van der Waals surface area contributed by atoms with Gasteiger partial charge in [0.2, 0.25) is 11.7 Å². The van der Waals surface area contributed by atoms with Crippen molar-refractivity contribution < 1.29 is 40.6 Å². The monoisotopic (exact) mass is 2060 g/mol. The van der Waals surface area contributed by atoms with Gasteiger partial charge in [-0.25, -0.2) is 34.4 Å². The van der Waals surface area contributed by atoms with Crippen LogP contribution in [0.3, 0.4) is 0 Å². The van der Waals surface area contributed by atoms with Gasteiger partial charge in [0.15, 0.2) is 5.65 Å². The molecule has 3 unspecified atom stereocenters. The summed E-state index contributed by atoms with van der Waals surface area (Å²) in [7, 11) is 4.39. The van der Waals surface area contributed by atoms with E-state index in [1.165, 1.54) is 137 Å². The number of carbonyl (C=O) groups excluding carboxylic acids is 1. The number of hydrogen-bond acceptors (Lipinski definition) is 22. The number of halogens is 7. The smallest absolute Gasteiger partial charge is 0.377 e. The predicted octanol–water partition coefficient (Wildman–Crippen LogP) is 23.1. The third-order valence-corrected chi connectivity index (χ3v) is 28.2. The molecule has 3 atom stereocenters. The minimum absolute atomic E-state index is 0.0174. The molecule has 0 aromatic carbocycles. The predicted molar refractivity (Wildman–Crippen MR) is 587 cm³/mol. The number of amides is 1. The zero-order valence-electron chi connectivity index (χ0n) is 94.8. The van der Waals surface area contributed by atoms with Gasteiger partial charge in [0.25, 0.3) is 0 Å². The Morgan fingerprint density at radius 3 is 1.25 bits per heavy atom. The molecule has 9 aromatic heterocycles. The van der Waals surface area contributed by atoms with Crippen LogP contribution >= 0.6 is 11.6 Å². The van der Waals surface area contributed by atoms with E-state index in [4.69, 9.17) is 26.1 Å². The number of carbonyl (C=O) groups is 1. The molecule has 0 bridgehead atoms. The summed E-state index contributed by atoms with van der Waals surface area (Å²) in [6.45, 7) is 77.4. The molecule has 16 heterocycles. The van der Waals surface area contributed by atoms with Crippen molar-refractivity contribution in [1.29, 1.82) is 0 Å². The van der Waals surface area contributed by atoms with Gasteiger partial charge in [-0.05, 0) is 288 Å². The van der Waals surface area contributed by atoms with Gasteiger partial charge in [-0.15, -0.1) is 0 Å². The number of alkyl halides is 6. The third-order valence-electron chi connectivity index (χ3n) is 28.0. The molecular formula is C116H176ClF6N21O3. The summed E-state index contributed by atoms with van der Waals surface area (Å²) in [6, 6.07) is 21.7. The van der Waals surface area contributed by atoms with E-state index in [1.807, 2.05) is 69.5 Å². The van der Waals surface area contributed by atoms with E-state index in [0.717, 1.165) is 142 Å². The second kappa shape index (κ2) is 50.4. The lowest BCUT2D eigenvalue weighted by atomic mass is 9.83. The fourth-order valence-corrected chi connectivity index (χ4v) is 19.3. The molecular weight excluding hydrogens is 1880 g/mol. The number of fused-ring (bicyclic) bond motifs is 1. The van der Waals surface area contributed by atoms with E-state index in [9.17, 15) is 31.1 Å². The quantitative estimate of drug-likeness (QED) is 0.0657. The second-order valence-electron chi connectivity index (χ2n) is 50.5. The Morgan fingerprint density at radius 1 is 0.435 bits per heavy atom. The van der Waals surface area contributed by atoms with Crippen LogP contribution in [0.4, 0.5) is 49.6 Å². The number of imidazole rings is 1. The minimum Gasteiger partial charge on any atom is -0.377 e. The summed E-state index contributed by atoms with van der Waals surface area (Å²) in [6.07, 6.45) is 12.7. The number of piperazine rings is 1. The van der Waals surface area contributed by atoms with Gasteiger partial charge >= 0.3 is 12.4 Å². The Kier molecular flexibility index (Phi) is 41.0. The van der Waals surface area contributed by atoms with E-state index in [2.05, 4.69) is 316 Å². The number of likely N-dealkylation sites (tertiary alicyclic amines) is 3. The van der Waals surface area contributed by atoms with Crippen molar-refractivity contribution in [3.05, 3.63) is 198 Å². The van der Waals surface area contributed by atoms with E-state index in [0.29, 0.717) is 49.2 Å². The number of rotatable bonds is 16. The molecule has 1 aliphatic carbocycles. The summed E-state index contributed by atoms with van der Waals surface area (Å²) in [5.74, 6) is 5.65. The summed E-state index contributed by atoms with van der Waals surface area (Å²) in [5, 5.41) is 17.9. The number of nitrogens with one attached hydrogen (secondary N) is 4. The van der Waals surface area contributed by atoms with Crippen LogP contribution in [0.5, 0.6) is 0 Å². The Bertz CT molecular complexity index is 5690. The van der Waals surface area contributed by atoms with Gasteiger partial charge in [0, 0.05) is 141 Å². The van der Waals surface area contributed by atoms with Crippen molar-refractivity contribution in [2.24, 2.45) is 23.7 Å². The van der Waals surface area contributed by atoms with E-state index in [-0.39, 0.29) is 61.6 Å². The molecule has 4 N–H and O–H groups in total. The summed E-state index contributed by atoms with van der Waals surface area (Å²) in [4.78, 5) is 65.7. The number of anilines is 4. The Hall–Kier alpha value is -9.17. The Balaban J connectivity index is 0.000000173. The Labute approximate surface area is 880 Å². The standard InChI is InChI=1S/C19H30N4O.C17H25F3N2.C16H26N2.2C15H24N2.C12H16F3N3O.C12H19N3O.C10H12ClN3/c1-14(24)22-8-10-23(11-9-22)18-13-15(19(2,3)4)12-17(21-18)20-16-6-5-7-16;1-12-9-21-14(8-15(12)16(2,3)4)7-13-5-6-22(10-13)11-17(18,19)20;1-12-10-17-14(9-15(12)16(2,3)4)8-13-6-7-18(5)11-13;1-11-8-16-13(6-12-9-17(5)10-12)7-14(11)15(2,3)4;1-11-9-17-13(7-12-5-6-16-10-12)8-14(11)15(2,3)4;1-11(2,3)8-4-9(16-7-5-19-6-7)18-10(17-8)12(13,14)15;1-8-13-10(12(2,3)4)5-11(14-8)15-9-6-16-7-9;1-10(2,3)7-6-14-9(12-7)5-4-8(11)13-14/h12-13,16H,5-11H2,1-4H3,(H,20,21);8-9,13H,5-7,10-11H2,1-4H3;9-10,13H,6-8,11H2,1-5H3;7-8,12H,6,9-10H2,1-5H3;8-9,12,16H,5-7,10H2,1-4H3;4,7H,5-6H2,1-3H3,(H,16,17,18);5,9H,6-7H2,1-4H3,(H,13,14,15);4-6H,1-3H3. The van der Waals surface area contributed by atoms with Crippen LogP contribution in [-0.2, 0) is 89.4 Å². The minimum atomic E-state index is -4.55. The first kappa shape index (κ1) is 120. The zero-order chi connectivity index (χ0) is 109. The summed E-state index contributed by atoms with van der Waals surface area (Å²) >= 11 is 5.78. The fraction of sp³-hybridized carbons (Fsp3) is 0.655. The molecule has 17 rings (SSSR count). The fourth-order valence-electron chi connectivity index (χ4n) is 19.2. The van der Waals surface area contributed by atoms with Crippen LogP contribution in [0.25, 0.3) is 5.65 Å². The van der Waals surface area contributed by atoms with Crippen molar-refractivity contribution in [2.45, 2.75) is 346 Å². The molecule has 0 spiro atoms. The number of aryl methyl sites for hydroxylation is 5. The molecule has 24 nitrogen and oxygen atoms in total. The van der Waals surface area contributed by atoms with Gasteiger partial charge in [0.05, 0.1) is 68.3 Å². The second-order valence-corrected chi connectivity index (χ2v) is 50.9. The first-order valence-corrected chi connectivity index (χ1v) is 53.6. The molecule has 31 heteroatoms. The van der Waals surface area contributed by atoms with Crippen LogP contribution in [-0.4, -0.2) is 235 Å². The van der Waals surface area contributed by atoms with Crippen LogP contribution in [0.15, 0.2) is 91.6 Å². The number of pyridine rings is 5. The first-order chi connectivity index (χ1) is 68.1. The van der Waals surface area contributed by atoms with Crippen LogP contribution < -0.4 is 26.2 Å². The molecule has 147 heavy (non-hydrogen) atoms. The molecule has 8 fully saturated rings. The van der Waals surface area contributed by atoms with Gasteiger partial charge in [-0.2, -0.15) is 31.4 Å². The highest BCUT2D eigenvalue weighted by atomic mass is 35.5. The maximum absolute atomic E-state index is 12.8. The largest absolute Gasteiger partial charge is 0.451 e. The van der Waals surface area contributed by atoms with Crippen molar-refractivity contribution in [1.82, 2.24) is 84.4 Å². The summed E-state index contributed by atoms with van der Waals surface area (Å²) in [5.41, 5.74) is 20.5. The molecule has 0 radical (unpaired) electrons. The van der Waals surface area contributed by atoms with Crippen molar-refractivity contribution >= 4 is 46.4 Å². The van der Waals surface area contributed by atoms with E-state index in [1.54, 1.807) is 23.6 Å². The lowest BCUT2D eigenvalue weighted by molar-refractivity contribution is -0.145. The van der Waals surface area contributed by atoms with Gasteiger partial charge in [-0.3, -0.25) is 29.6 Å². The lowest BCUT2D eigenvalue weighted by Crippen LogP contribution is -2.48. The van der Waals surface area contributed by atoms with Gasteiger partial charge in [-0.1, -0.05) is 178 Å².